The van der Waals surface area contributed by atoms with Crippen LogP contribution in [0.3, 0.4) is 0 Å². The molecule has 174 valence electrons. The van der Waals surface area contributed by atoms with Crippen molar-refractivity contribution in [2.24, 2.45) is 0 Å². The number of amides is 1. The fraction of sp³-hybridized carbons (Fsp3) is 0.435. The molecule has 1 fully saturated rings. The summed E-state index contributed by atoms with van der Waals surface area (Å²) in [5.41, 5.74) is 1.08. The van der Waals surface area contributed by atoms with E-state index in [4.69, 9.17) is 9.47 Å². The number of rotatable bonds is 9. The predicted molar refractivity (Wildman–Crippen MR) is 124 cm³/mol. The SMILES string of the molecule is CCOc1ccc(S(=O)(=O)N(CC)CC(=O)N2CCN(c3ccc(OC)cc3)CC2)cc1. The molecule has 8 nitrogen and oxygen atoms in total. The fourth-order valence-corrected chi connectivity index (χ4v) is 5.05. The fourth-order valence-electron chi connectivity index (χ4n) is 3.65. The Balaban J connectivity index is 1.60. The van der Waals surface area contributed by atoms with Gasteiger partial charge in [0.15, 0.2) is 0 Å². The van der Waals surface area contributed by atoms with Gasteiger partial charge in [0, 0.05) is 38.4 Å². The number of methoxy groups -OCH3 is 1. The first-order valence-electron chi connectivity index (χ1n) is 10.8. The first-order valence-corrected chi connectivity index (χ1v) is 12.2. The van der Waals surface area contributed by atoms with Crippen LogP contribution < -0.4 is 14.4 Å². The van der Waals surface area contributed by atoms with Crippen molar-refractivity contribution in [2.45, 2.75) is 18.7 Å². The summed E-state index contributed by atoms with van der Waals surface area (Å²) in [5, 5.41) is 0. The van der Waals surface area contributed by atoms with E-state index >= 15 is 0 Å². The van der Waals surface area contributed by atoms with Crippen LogP contribution in [0.4, 0.5) is 5.69 Å². The summed E-state index contributed by atoms with van der Waals surface area (Å²) in [5.74, 6) is 1.23. The molecule has 32 heavy (non-hydrogen) atoms. The Hall–Kier alpha value is -2.78. The predicted octanol–water partition coefficient (Wildman–Crippen LogP) is 2.45. The van der Waals surface area contributed by atoms with E-state index in [1.165, 1.54) is 16.4 Å². The summed E-state index contributed by atoms with van der Waals surface area (Å²) in [6.07, 6.45) is 0. The van der Waals surface area contributed by atoms with E-state index in [2.05, 4.69) is 4.90 Å². The highest BCUT2D eigenvalue weighted by Gasteiger charge is 2.29. The lowest BCUT2D eigenvalue weighted by atomic mass is 10.2. The molecule has 1 saturated heterocycles. The van der Waals surface area contributed by atoms with Gasteiger partial charge in [0.25, 0.3) is 0 Å². The van der Waals surface area contributed by atoms with Gasteiger partial charge in [0.1, 0.15) is 11.5 Å². The summed E-state index contributed by atoms with van der Waals surface area (Å²) in [4.78, 5) is 17.0. The lowest BCUT2D eigenvalue weighted by molar-refractivity contribution is -0.131. The summed E-state index contributed by atoms with van der Waals surface area (Å²) in [7, 11) is -2.13. The van der Waals surface area contributed by atoms with Crippen molar-refractivity contribution in [2.75, 3.05) is 57.9 Å². The number of benzene rings is 2. The third kappa shape index (κ3) is 5.52. The van der Waals surface area contributed by atoms with Crippen molar-refractivity contribution in [3.8, 4) is 11.5 Å². The van der Waals surface area contributed by atoms with Gasteiger partial charge in [-0.2, -0.15) is 4.31 Å². The maximum Gasteiger partial charge on any atom is 0.243 e. The number of hydrogen-bond donors (Lipinski definition) is 0. The van der Waals surface area contributed by atoms with Crippen LogP contribution in [0.15, 0.2) is 53.4 Å². The first kappa shape index (κ1) is 23.9. The topological polar surface area (TPSA) is 79.4 Å². The van der Waals surface area contributed by atoms with Gasteiger partial charge < -0.3 is 19.3 Å². The molecule has 2 aromatic carbocycles. The lowest BCUT2D eigenvalue weighted by Gasteiger charge is -2.37. The van der Waals surface area contributed by atoms with E-state index in [1.54, 1.807) is 31.1 Å². The number of carbonyl (C=O) groups excluding carboxylic acids is 1. The highest BCUT2D eigenvalue weighted by atomic mass is 32.2. The minimum Gasteiger partial charge on any atom is -0.497 e. The highest BCUT2D eigenvalue weighted by molar-refractivity contribution is 7.89. The van der Waals surface area contributed by atoms with Crippen LogP contribution in [-0.4, -0.2) is 76.5 Å². The molecule has 0 saturated carbocycles. The Morgan fingerprint density at radius 3 is 2.06 bits per heavy atom. The maximum absolute atomic E-state index is 13.0. The molecular weight excluding hydrogens is 430 g/mol. The molecule has 0 spiro atoms. The normalized spacial score (nSPS) is 14.5. The van der Waals surface area contributed by atoms with Gasteiger partial charge in [-0.15, -0.1) is 0 Å². The second-order valence-corrected chi connectivity index (χ2v) is 9.34. The van der Waals surface area contributed by atoms with E-state index in [-0.39, 0.29) is 23.9 Å². The maximum atomic E-state index is 13.0. The molecule has 0 aromatic heterocycles. The summed E-state index contributed by atoms with van der Waals surface area (Å²) in [6.45, 7) is 6.63. The molecule has 0 radical (unpaired) electrons. The van der Waals surface area contributed by atoms with Crippen LogP contribution in [0, 0.1) is 0 Å². The van der Waals surface area contributed by atoms with Crippen molar-refractivity contribution < 1.29 is 22.7 Å². The van der Waals surface area contributed by atoms with Crippen molar-refractivity contribution in [1.29, 1.82) is 0 Å². The van der Waals surface area contributed by atoms with Gasteiger partial charge >= 0.3 is 0 Å². The summed E-state index contributed by atoms with van der Waals surface area (Å²) in [6, 6.07) is 14.1. The number of nitrogens with zero attached hydrogens (tertiary/aromatic N) is 3. The van der Waals surface area contributed by atoms with Gasteiger partial charge in [-0.25, -0.2) is 8.42 Å². The quantitative estimate of drug-likeness (QED) is 0.571. The second kappa shape index (κ2) is 10.7. The average molecular weight is 462 g/mol. The van der Waals surface area contributed by atoms with Crippen LogP contribution in [0.2, 0.25) is 0 Å². The highest BCUT2D eigenvalue weighted by Crippen LogP contribution is 2.22. The van der Waals surface area contributed by atoms with Crippen LogP contribution in [0.1, 0.15) is 13.8 Å². The van der Waals surface area contributed by atoms with E-state index in [9.17, 15) is 13.2 Å². The number of piperazine rings is 1. The zero-order valence-electron chi connectivity index (χ0n) is 18.9. The number of sulfonamides is 1. The van der Waals surface area contributed by atoms with Crippen molar-refractivity contribution in [1.82, 2.24) is 9.21 Å². The first-order chi connectivity index (χ1) is 15.4. The average Bonchev–Trinajstić information content (AvgIpc) is 2.83. The zero-order chi connectivity index (χ0) is 23.1. The van der Waals surface area contributed by atoms with E-state index in [1.807, 2.05) is 31.2 Å². The van der Waals surface area contributed by atoms with E-state index in [0.29, 0.717) is 38.5 Å². The molecule has 3 rings (SSSR count). The Labute approximate surface area is 190 Å². The summed E-state index contributed by atoms with van der Waals surface area (Å²) >= 11 is 0. The molecule has 0 unspecified atom stereocenters. The van der Waals surface area contributed by atoms with Crippen molar-refractivity contribution in [3.63, 3.8) is 0 Å². The molecule has 0 N–H and O–H groups in total. The summed E-state index contributed by atoms with van der Waals surface area (Å²) < 4.78 is 37.9. The number of ether oxygens (including phenoxy) is 2. The third-order valence-corrected chi connectivity index (χ3v) is 7.44. The minimum absolute atomic E-state index is 0.153. The van der Waals surface area contributed by atoms with Crippen LogP contribution in [0.5, 0.6) is 11.5 Å². The van der Waals surface area contributed by atoms with Crippen LogP contribution >= 0.6 is 0 Å². The molecule has 2 aromatic rings. The Kier molecular flexibility index (Phi) is 7.98. The molecule has 1 amide bonds. The van der Waals surface area contributed by atoms with Gasteiger partial charge in [-0.3, -0.25) is 4.79 Å². The standard InChI is InChI=1S/C23H31N3O5S/c1-4-26(32(28,29)22-12-10-21(11-13-22)31-5-2)18-23(27)25-16-14-24(15-17-25)19-6-8-20(30-3)9-7-19/h6-13H,4-5,14-18H2,1-3H3. The van der Waals surface area contributed by atoms with Crippen molar-refractivity contribution >= 4 is 21.6 Å². The van der Waals surface area contributed by atoms with Gasteiger partial charge in [-0.1, -0.05) is 6.92 Å². The molecule has 1 aliphatic heterocycles. The third-order valence-electron chi connectivity index (χ3n) is 5.51. The Bertz CT molecular complexity index is 985. The number of carbonyl (C=O) groups is 1. The molecular formula is C23H31N3O5S. The number of likely N-dealkylation sites (N-methyl/N-ethyl adjacent to an activating group) is 1. The van der Waals surface area contributed by atoms with Crippen LogP contribution in [0.25, 0.3) is 0 Å². The lowest BCUT2D eigenvalue weighted by Crippen LogP contribution is -2.51. The molecule has 1 aliphatic rings. The van der Waals surface area contributed by atoms with E-state index < -0.39 is 10.0 Å². The molecule has 9 heteroatoms. The smallest absolute Gasteiger partial charge is 0.243 e. The minimum atomic E-state index is -3.77. The molecule has 0 aliphatic carbocycles. The number of anilines is 1. The monoisotopic (exact) mass is 461 g/mol. The zero-order valence-corrected chi connectivity index (χ0v) is 19.7. The second-order valence-electron chi connectivity index (χ2n) is 7.40. The van der Waals surface area contributed by atoms with Gasteiger partial charge in [0.05, 0.1) is 25.2 Å². The van der Waals surface area contributed by atoms with Crippen molar-refractivity contribution in [3.05, 3.63) is 48.5 Å². The Morgan fingerprint density at radius 2 is 1.53 bits per heavy atom. The van der Waals surface area contributed by atoms with Gasteiger partial charge in [-0.05, 0) is 55.5 Å². The molecule has 0 atom stereocenters. The molecule has 1 heterocycles. The Morgan fingerprint density at radius 1 is 0.938 bits per heavy atom. The largest absolute Gasteiger partial charge is 0.497 e. The molecule has 0 bridgehead atoms. The van der Waals surface area contributed by atoms with E-state index in [0.717, 1.165) is 11.4 Å². The number of hydrogen-bond acceptors (Lipinski definition) is 6. The van der Waals surface area contributed by atoms with Crippen LogP contribution in [-0.2, 0) is 14.8 Å². The van der Waals surface area contributed by atoms with Gasteiger partial charge in [0.2, 0.25) is 15.9 Å².